The minimum Gasteiger partial charge on any atom is -0.459 e. The molecule has 0 radical (unpaired) electrons. The molecular weight excluding hydrogens is 1000 g/mol. The van der Waals surface area contributed by atoms with Gasteiger partial charge >= 0.3 is 41.8 Å². The first-order valence-corrected chi connectivity index (χ1v) is 24.8. The summed E-state index contributed by atoms with van der Waals surface area (Å²) in [7, 11) is 0. The van der Waals surface area contributed by atoms with Crippen LogP contribution in [0.1, 0.15) is 79.4 Å². The van der Waals surface area contributed by atoms with Crippen LogP contribution in [-0.2, 0) is 47.4 Å². The van der Waals surface area contributed by atoms with Gasteiger partial charge in [-0.15, -0.1) is 0 Å². The van der Waals surface area contributed by atoms with Gasteiger partial charge in [0.2, 0.25) is 12.4 Å². The third-order valence-electron chi connectivity index (χ3n) is 12.5. The van der Waals surface area contributed by atoms with Gasteiger partial charge in [0, 0.05) is 0 Å². The summed E-state index contributed by atoms with van der Waals surface area (Å²) in [6.45, 7) is 0.766. The van der Waals surface area contributed by atoms with E-state index in [2.05, 4.69) is 0 Å². The molecule has 7 aromatic rings. The Morgan fingerprint density at radius 2 is 0.577 bits per heavy atom. The highest BCUT2D eigenvalue weighted by Crippen LogP contribution is 2.37. The average Bonchev–Trinajstić information content (AvgIpc) is 3.62. The van der Waals surface area contributed by atoms with Gasteiger partial charge in [0.15, 0.2) is 30.7 Å². The molecule has 2 aliphatic rings. The lowest BCUT2D eigenvalue weighted by Crippen LogP contribution is -2.67. The maximum atomic E-state index is 14.5. The van der Waals surface area contributed by atoms with E-state index in [4.69, 9.17) is 47.4 Å². The Bertz CT molecular complexity index is 3150. The molecule has 10 atom stereocenters. The topological polar surface area (TPSA) is 212 Å². The van der Waals surface area contributed by atoms with E-state index < -0.39 is 110 Å². The number of hydrogen-bond donors (Lipinski definition) is 0. The lowest BCUT2D eigenvalue weighted by molar-refractivity contribution is -0.348. The van der Waals surface area contributed by atoms with Crippen molar-refractivity contribution in [3.05, 3.63) is 251 Å². The zero-order valence-corrected chi connectivity index (χ0v) is 41.6. The van der Waals surface area contributed by atoms with Crippen molar-refractivity contribution in [1.82, 2.24) is 0 Å². The quantitative estimate of drug-likeness (QED) is 0.0616. The molecule has 2 saturated heterocycles. The van der Waals surface area contributed by atoms with Crippen molar-refractivity contribution in [2.45, 2.75) is 68.3 Å². The predicted octanol–water partition coefficient (Wildman–Crippen LogP) is 8.68. The molecule has 2 heterocycles. The number of carbonyl (C=O) groups excluding carboxylic acids is 7. The third kappa shape index (κ3) is 13.2. The molecule has 17 heteroatoms. The van der Waals surface area contributed by atoms with Crippen LogP contribution >= 0.6 is 0 Å². The number of hydrogen-bond acceptors (Lipinski definition) is 17. The Hall–Kier alpha value is -9.29. The minimum absolute atomic E-state index is 0.0222. The van der Waals surface area contributed by atoms with Crippen molar-refractivity contribution in [2.75, 3.05) is 6.61 Å². The minimum atomic E-state index is -1.93. The smallest absolute Gasteiger partial charge is 0.340 e. The third-order valence-corrected chi connectivity index (χ3v) is 12.5. The van der Waals surface area contributed by atoms with Gasteiger partial charge in [-0.3, -0.25) is 0 Å². The molecule has 0 aliphatic carbocycles. The van der Waals surface area contributed by atoms with E-state index in [-0.39, 0.29) is 38.9 Å². The maximum absolute atomic E-state index is 14.5. The Labute approximate surface area is 447 Å². The van der Waals surface area contributed by atoms with Crippen LogP contribution in [0.3, 0.4) is 0 Å². The summed E-state index contributed by atoms with van der Waals surface area (Å²) in [6, 6.07) is 54.9. The number of benzene rings is 7. The molecule has 396 valence electrons. The monoisotopic (exact) mass is 1050 g/mol. The van der Waals surface area contributed by atoms with Crippen LogP contribution in [0.5, 0.6) is 0 Å². The van der Waals surface area contributed by atoms with Gasteiger partial charge in [0.25, 0.3) is 0 Å². The molecule has 17 nitrogen and oxygen atoms in total. The lowest BCUT2D eigenvalue weighted by atomic mass is 9.96. The number of ether oxygens (including phenoxy) is 10. The zero-order valence-electron chi connectivity index (χ0n) is 41.6. The average molecular weight is 1060 g/mol. The molecule has 0 amide bonds. The Morgan fingerprint density at radius 1 is 0.308 bits per heavy atom. The predicted molar refractivity (Wildman–Crippen MR) is 275 cm³/mol. The van der Waals surface area contributed by atoms with Crippen LogP contribution in [-0.4, -0.2) is 110 Å². The fourth-order valence-corrected chi connectivity index (χ4v) is 8.58. The highest BCUT2D eigenvalue weighted by atomic mass is 16.8. The highest BCUT2D eigenvalue weighted by molar-refractivity contribution is 5.93. The Morgan fingerprint density at radius 3 is 0.923 bits per heavy atom. The molecule has 9 rings (SSSR count). The van der Waals surface area contributed by atoms with E-state index in [1.54, 1.807) is 127 Å². The second kappa shape index (κ2) is 25.5. The summed E-state index contributed by atoms with van der Waals surface area (Å²) in [5.41, 5.74) is 0.491. The van der Waals surface area contributed by atoms with Gasteiger partial charge in [-0.2, -0.15) is 0 Å². The van der Waals surface area contributed by atoms with Crippen molar-refractivity contribution in [1.29, 1.82) is 0 Å². The molecule has 78 heavy (non-hydrogen) atoms. The van der Waals surface area contributed by atoms with E-state index in [1.807, 2.05) is 0 Å². The summed E-state index contributed by atoms with van der Waals surface area (Å²) in [6.07, 6.45) is -17.5. The molecule has 0 aromatic heterocycles. The number of rotatable bonds is 17. The fourth-order valence-electron chi connectivity index (χ4n) is 8.58. The lowest BCUT2D eigenvalue weighted by Gasteiger charge is -2.48. The SMILES string of the molecule is CC1OC(OC2C(COC(=O)c3ccccc3)OC(OC(=O)c3ccccc3)C(OC(=O)c3ccccc3)C2OC(=O)c2ccccc2)C(OC(=O)c2ccccc2)C(OC(=O)c2ccccc2)C1OC(=O)c1ccccc1. The number of carbonyl (C=O) groups is 7. The largest absolute Gasteiger partial charge is 0.459 e. The van der Waals surface area contributed by atoms with Crippen molar-refractivity contribution >= 4 is 41.8 Å². The molecule has 7 aromatic carbocycles. The van der Waals surface area contributed by atoms with Gasteiger partial charge in [-0.05, 0) is 91.9 Å². The fraction of sp³-hybridized carbons (Fsp3) is 0.197. The highest BCUT2D eigenvalue weighted by Gasteiger charge is 2.58. The van der Waals surface area contributed by atoms with Gasteiger partial charge in [0.1, 0.15) is 18.8 Å². The normalized spacial score (nSPS) is 22.5. The molecule has 0 spiro atoms. The van der Waals surface area contributed by atoms with E-state index in [9.17, 15) is 33.6 Å². The first-order valence-electron chi connectivity index (χ1n) is 24.8. The second-order valence-electron chi connectivity index (χ2n) is 17.8. The summed E-state index contributed by atoms with van der Waals surface area (Å²) in [4.78, 5) is 99.1. The zero-order chi connectivity index (χ0) is 54.4. The van der Waals surface area contributed by atoms with Gasteiger partial charge in [0.05, 0.1) is 45.0 Å². The van der Waals surface area contributed by atoms with Crippen LogP contribution in [0.25, 0.3) is 0 Å². The van der Waals surface area contributed by atoms with Crippen LogP contribution in [0, 0.1) is 0 Å². The second-order valence-corrected chi connectivity index (χ2v) is 17.8. The molecule has 0 saturated carbocycles. The summed E-state index contributed by atoms with van der Waals surface area (Å²) >= 11 is 0. The maximum Gasteiger partial charge on any atom is 0.340 e. The molecule has 10 unspecified atom stereocenters. The van der Waals surface area contributed by atoms with E-state index in [1.165, 1.54) is 91.9 Å². The summed E-state index contributed by atoms with van der Waals surface area (Å²) in [5, 5.41) is 0. The summed E-state index contributed by atoms with van der Waals surface area (Å²) < 4.78 is 62.9. The molecule has 2 aliphatic heterocycles. The van der Waals surface area contributed by atoms with Gasteiger partial charge < -0.3 is 47.4 Å². The Kier molecular flexibility index (Phi) is 17.5. The standard InChI is InChI=1S/C61H50O17/c1-38-47(72-54(63)40-25-11-3-12-26-40)49(73-55(64)41-27-13-4-14-28-41)51(75-57(66)43-31-17-6-18-32-43)60(70-38)77-48-46(37-69-53(62)39-23-9-2-10-24-39)71-61(78-59(68)45-35-21-8-22-36-45)52(76-58(67)44-33-19-7-20-34-44)50(48)74-56(65)42-29-15-5-16-30-42/h2-36,38,46-52,60-61H,37H2,1H3. The molecule has 2 fully saturated rings. The van der Waals surface area contributed by atoms with Gasteiger partial charge in [-0.1, -0.05) is 127 Å². The van der Waals surface area contributed by atoms with Crippen molar-refractivity contribution < 1.29 is 80.9 Å². The number of esters is 7. The van der Waals surface area contributed by atoms with Crippen molar-refractivity contribution in [2.24, 2.45) is 0 Å². The molecule has 0 bridgehead atoms. The van der Waals surface area contributed by atoms with E-state index >= 15 is 0 Å². The molecule has 0 N–H and O–H groups in total. The summed E-state index contributed by atoms with van der Waals surface area (Å²) in [5.74, 6) is -6.50. The van der Waals surface area contributed by atoms with Crippen molar-refractivity contribution in [3.63, 3.8) is 0 Å². The molecular formula is C61H50O17. The van der Waals surface area contributed by atoms with E-state index in [0.29, 0.717) is 0 Å². The van der Waals surface area contributed by atoms with Crippen LogP contribution in [0.2, 0.25) is 0 Å². The van der Waals surface area contributed by atoms with Crippen molar-refractivity contribution in [3.8, 4) is 0 Å². The Balaban J connectivity index is 1.18. The van der Waals surface area contributed by atoms with Crippen LogP contribution in [0.4, 0.5) is 0 Å². The van der Waals surface area contributed by atoms with Crippen LogP contribution < -0.4 is 0 Å². The first kappa shape index (κ1) is 53.5. The van der Waals surface area contributed by atoms with E-state index in [0.717, 1.165) is 0 Å². The first-order chi connectivity index (χ1) is 38.0. The van der Waals surface area contributed by atoms with Gasteiger partial charge in [-0.25, -0.2) is 33.6 Å². The van der Waals surface area contributed by atoms with Crippen LogP contribution in [0.15, 0.2) is 212 Å².